The molecule has 0 spiro atoms. The number of H-pyrrole nitrogens is 1. The number of carbonyl (C=O) groups is 1. The molecule has 4 heteroatoms. The molecule has 0 radical (unpaired) electrons. The summed E-state index contributed by atoms with van der Waals surface area (Å²) >= 11 is 0. The van der Waals surface area contributed by atoms with E-state index in [9.17, 15) is 4.79 Å². The highest BCUT2D eigenvalue weighted by molar-refractivity contribution is 6.13. The number of fused-ring (bicyclic) bond motifs is 1. The van der Waals surface area contributed by atoms with Gasteiger partial charge >= 0.3 is 0 Å². The largest absolute Gasteiger partial charge is 0.348 e. The number of imidazole rings is 1. The van der Waals surface area contributed by atoms with E-state index in [1.807, 2.05) is 50.4 Å². The average Bonchev–Trinajstić information content (AvgIpc) is 3.21. The summed E-state index contributed by atoms with van der Waals surface area (Å²) in [6.45, 7) is 1.99. The zero-order valence-corrected chi connectivity index (χ0v) is 15.0. The van der Waals surface area contributed by atoms with Crippen molar-refractivity contribution in [3.63, 3.8) is 0 Å². The van der Waals surface area contributed by atoms with Crippen LogP contribution in [0.15, 0.2) is 60.9 Å². The predicted molar refractivity (Wildman–Crippen MR) is 104 cm³/mol. The zero-order chi connectivity index (χ0) is 18.1. The summed E-state index contributed by atoms with van der Waals surface area (Å²) < 4.78 is 2.12. The van der Waals surface area contributed by atoms with Crippen molar-refractivity contribution in [1.29, 1.82) is 0 Å². The fraction of sp³-hybridized carbons (Fsp3) is 0.182. The maximum atomic E-state index is 13.2. The van der Waals surface area contributed by atoms with Gasteiger partial charge in [-0.3, -0.25) is 4.79 Å². The van der Waals surface area contributed by atoms with Gasteiger partial charge in [-0.1, -0.05) is 48.5 Å². The van der Waals surface area contributed by atoms with Crippen LogP contribution in [0.5, 0.6) is 0 Å². The summed E-state index contributed by atoms with van der Waals surface area (Å²) in [5, 5.41) is 1.01. The van der Waals surface area contributed by atoms with Gasteiger partial charge in [-0.2, -0.15) is 0 Å². The maximum absolute atomic E-state index is 13.2. The second kappa shape index (κ2) is 6.64. The number of hydrogen-bond acceptors (Lipinski definition) is 2. The van der Waals surface area contributed by atoms with Crippen LogP contribution in [-0.4, -0.2) is 20.3 Å². The Morgan fingerprint density at radius 3 is 2.54 bits per heavy atom. The molecule has 4 aromatic rings. The number of aromatic amines is 1. The number of hydrogen-bond donors (Lipinski definition) is 1. The van der Waals surface area contributed by atoms with Crippen LogP contribution in [0.25, 0.3) is 22.2 Å². The van der Waals surface area contributed by atoms with Gasteiger partial charge in [0.1, 0.15) is 0 Å². The number of nitrogens with zero attached hydrogens (tertiary/aromatic N) is 2. The standard InChI is InChI=1S/C22H21N3O/c1-15-18(24-14-23-15)12-13-20(26)21-17-10-6-7-11-19(17)25(2)22(21)16-8-4-3-5-9-16/h3-11,14H,12-13H2,1-2H3,(H,23,24). The lowest BCUT2D eigenvalue weighted by Crippen LogP contribution is -2.04. The molecule has 0 aliphatic heterocycles. The lowest BCUT2D eigenvalue weighted by Gasteiger charge is -2.08. The van der Waals surface area contributed by atoms with E-state index in [-0.39, 0.29) is 5.78 Å². The van der Waals surface area contributed by atoms with Crippen molar-refractivity contribution in [1.82, 2.24) is 14.5 Å². The third kappa shape index (κ3) is 2.73. The summed E-state index contributed by atoms with van der Waals surface area (Å²) in [7, 11) is 2.03. The SMILES string of the molecule is Cc1[nH]cnc1CCC(=O)c1c(-c2ccccc2)n(C)c2ccccc12. The smallest absolute Gasteiger partial charge is 0.166 e. The van der Waals surface area contributed by atoms with E-state index in [1.54, 1.807) is 6.33 Å². The number of ketones is 1. The van der Waals surface area contributed by atoms with Crippen molar-refractivity contribution in [2.75, 3.05) is 0 Å². The summed E-state index contributed by atoms with van der Waals surface area (Å²) in [5.74, 6) is 0.156. The van der Waals surface area contributed by atoms with E-state index in [0.29, 0.717) is 12.8 Å². The number of aromatic nitrogens is 3. The molecule has 26 heavy (non-hydrogen) atoms. The molecule has 0 aliphatic rings. The Morgan fingerprint density at radius 2 is 1.81 bits per heavy atom. The van der Waals surface area contributed by atoms with Crippen LogP contribution in [0.1, 0.15) is 28.2 Å². The number of para-hydroxylation sites is 1. The van der Waals surface area contributed by atoms with Gasteiger partial charge in [-0.25, -0.2) is 4.98 Å². The molecule has 130 valence electrons. The molecule has 2 aromatic carbocycles. The summed E-state index contributed by atoms with van der Waals surface area (Å²) in [5.41, 5.74) is 5.91. The first-order valence-electron chi connectivity index (χ1n) is 8.81. The lowest BCUT2D eigenvalue weighted by molar-refractivity contribution is 0.0984. The van der Waals surface area contributed by atoms with Crippen molar-refractivity contribution in [3.05, 3.63) is 77.9 Å². The van der Waals surface area contributed by atoms with Gasteiger partial charge < -0.3 is 9.55 Å². The Hall–Kier alpha value is -3.14. The lowest BCUT2D eigenvalue weighted by atomic mass is 9.98. The molecule has 1 N–H and O–H groups in total. The first kappa shape index (κ1) is 16.3. The van der Waals surface area contributed by atoms with Crippen LogP contribution >= 0.6 is 0 Å². The number of Topliss-reactive ketones (excluding diaryl/α,β-unsaturated/α-hetero) is 1. The molecule has 0 saturated heterocycles. The number of rotatable bonds is 5. The van der Waals surface area contributed by atoms with Crippen molar-refractivity contribution in [3.8, 4) is 11.3 Å². The molecule has 0 atom stereocenters. The second-order valence-corrected chi connectivity index (χ2v) is 6.56. The first-order chi connectivity index (χ1) is 12.7. The quantitative estimate of drug-likeness (QED) is 0.534. The molecule has 2 heterocycles. The van der Waals surface area contributed by atoms with Gasteiger partial charge in [-0.05, 0) is 25.0 Å². The molecule has 2 aromatic heterocycles. The number of nitrogens with one attached hydrogen (secondary N) is 1. The van der Waals surface area contributed by atoms with Crippen LogP contribution in [-0.2, 0) is 13.5 Å². The second-order valence-electron chi connectivity index (χ2n) is 6.56. The maximum Gasteiger partial charge on any atom is 0.166 e. The van der Waals surface area contributed by atoms with Crippen molar-refractivity contribution in [2.45, 2.75) is 19.8 Å². The van der Waals surface area contributed by atoms with Gasteiger partial charge in [0, 0.05) is 30.1 Å². The van der Waals surface area contributed by atoms with E-state index in [2.05, 4.69) is 32.7 Å². The van der Waals surface area contributed by atoms with E-state index in [0.717, 1.165) is 39.1 Å². The van der Waals surface area contributed by atoms with Gasteiger partial charge in [-0.15, -0.1) is 0 Å². The van der Waals surface area contributed by atoms with Crippen LogP contribution in [0.4, 0.5) is 0 Å². The topological polar surface area (TPSA) is 50.7 Å². The van der Waals surface area contributed by atoms with Crippen molar-refractivity contribution < 1.29 is 4.79 Å². The fourth-order valence-electron chi connectivity index (χ4n) is 3.61. The molecule has 0 unspecified atom stereocenters. The molecule has 0 aliphatic carbocycles. The molecule has 0 saturated carbocycles. The van der Waals surface area contributed by atoms with Crippen LogP contribution in [0.2, 0.25) is 0 Å². The molecule has 0 fully saturated rings. The molecular formula is C22H21N3O. The van der Waals surface area contributed by atoms with E-state index < -0.39 is 0 Å². The molecule has 0 amide bonds. The van der Waals surface area contributed by atoms with E-state index >= 15 is 0 Å². The minimum absolute atomic E-state index is 0.156. The van der Waals surface area contributed by atoms with Gasteiger partial charge in [0.15, 0.2) is 5.78 Å². The monoisotopic (exact) mass is 343 g/mol. The Morgan fingerprint density at radius 1 is 1.08 bits per heavy atom. The summed E-state index contributed by atoms with van der Waals surface area (Å²) in [6, 6.07) is 18.2. The summed E-state index contributed by atoms with van der Waals surface area (Å²) in [4.78, 5) is 20.6. The zero-order valence-electron chi connectivity index (χ0n) is 15.0. The number of carbonyl (C=O) groups excluding carboxylic acids is 1. The Labute approximate surface area is 152 Å². The third-order valence-electron chi connectivity index (χ3n) is 4.96. The number of benzene rings is 2. The van der Waals surface area contributed by atoms with Crippen LogP contribution in [0.3, 0.4) is 0 Å². The third-order valence-corrected chi connectivity index (χ3v) is 4.96. The first-order valence-corrected chi connectivity index (χ1v) is 8.81. The highest BCUT2D eigenvalue weighted by Crippen LogP contribution is 2.34. The Bertz CT molecular complexity index is 1070. The summed E-state index contributed by atoms with van der Waals surface area (Å²) in [6.07, 6.45) is 2.77. The minimum Gasteiger partial charge on any atom is -0.348 e. The van der Waals surface area contributed by atoms with Crippen LogP contribution in [0, 0.1) is 6.92 Å². The van der Waals surface area contributed by atoms with Gasteiger partial charge in [0.05, 0.1) is 23.3 Å². The van der Waals surface area contributed by atoms with Crippen molar-refractivity contribution in [2.24, 2.45) is 7.05 Å². The number of aryl methyl sites for hydroxylation is 3. The minimum atomic E-state index is 0.156. The van der Waals surface area contributed by atoms with E-state index in [1.165, 1.54) is 0 Å². The average molecular weight is 343 g/mol. The van der Waals surface area contributed by atoms with E-state index in [4.69, 9.17) is 0 Å². The molecule has 0 bridgehead atoms. The van der Waals surface area contributed by atoms with Gasteiger partial charge in [0.25, 0.3) is 0 Å². The molecule has 4 rings (SSSR count). The normalized spacial score (nSPS) is 11.2. The van der Waals surface area contributed by atoms with Crippen molar-refractivity contribution >= 4 is 16.7 Å². The van der Waals surface area contributed by atoms with Crippen LogP contribution < -0.4 is 0 Å². The van der Waals surface area contributed by atoms with Gasteiger partial charge in [0.2, 0.25) is 0 Å². The Kier molecular flexibility index (Phi) is 4.17. The Balaban J connectivity index is 1.80. The predicted octanol–water partition coefficient (Wildman–Crippen LogP) is 4.69. The fourth-order valence-corrected chi connectivity index (χ4v) is 3.61. The molecule has 4 nitrogen and oxygen atoms in total. The highest BCUT2D eigenvalue weighted by Gasteiger charge is 2.22. The molecular weight excluding hydrogens is 322 g/mol. The highest BCUT2D eigenvalue weighted by atomic mass is 16.1.